The fourth-order valence-corrected chi connectivity index (χ4v) is 4.59. The zero-order chi connectivity index (χ0) is 21.0. The van der Waals surface area contributed by atoms with Crippen LogP contribution in [0.25, 0.3) is 0 Å². The summed E-state index contributed by atoms with van der Waals surface area (Å²) in [7, 11) is 0. The standard InChI is InChI=1S/C22H28N6O3/c29-21(27-10-12-28(13-11-27)22-23-4-1-5-24-22)16-26-8-6-25(7-9-26)15-18-2-3-19-20(14-18)31-17-30-19/h1-5,14H,6-13,15-17H2/p+2. The van der Waals surface area contributed by atoms with Crippen LogP contribution < -0.4 is 24.2 Å². The molecule has 9 heteroatoms. The minimum Gasteiger partial charge on any atom is -0.454 e. The lowest BCUT2D eigenvalue weighted by Gasteiger charge is -2.36. The molecule has 5 rings (SSSR count). The summed E-state index contributed by atoms with van der Waals surface area (Å²) in [6, 6.07) is 8.05. The topological polar surface area (TPSA) is 76.7 Å². The average molecular weight is 427 g/mol. The van der Waals surface area contributed by atoms with Gasteiger partial charge in [-0.05, 0) is 24.3 Å². The zero-order valence-corrected chi connectivity index (χ0v) is 17.8. The fraction of sp³-hybridized carbons (Fsp3) is 0.500. The Morgan fingerprint density at radius 2 is 1.65 bits per heavy atom. The Kier molecular flexibility index (Phi) is 5.86. The van der Waals surface area contributed by atoms with E-state index in [1.54, 1.807) is 17.3 Å². The van der Waals surface area contributed by atoms with Crippen LogP contribution in [0.5, 0.6) is 11.5 Å². The molecule has 2 saturated heterocycles. The Balaban J connectivity index is 1.05. The van der Waals surface area contributed by atoms with Crippen molar-refractivity contribution in [1.29, 1.82) is 0 Å². The molecule has 2 fully saturated rings. The van der Waals surface area contributed by atoms with Gasteiger partial charge in [-0.25, -0.2) is 9.97 Å². The van der Waals surface area contributed by atoms with E-state index in [1.807, 2.05) is 17.0 Å². The molecule has 0 radical (unpaired) electrons. The number of nitrogens with one attached hydrogen (secondary N) is 2. The molecule has 0 spiro atoms. The normalized spacial score (nSPS) is 23.1. The summed E-state index contributed by atoms with van der Waals surface area (Å²) in [5.41, 5.74) is 1.28. The van der Waals surface area contributed by atoms with Crippen molar-refractivity contribution in [1.82, 2.24) is 14.9 Å². The Morgan fingerprint density at radius 3 is 2.42 bits per heavy atom. The second-order valence-corrected chi connectivity index (χ2v) is 8.46. The van der Waals surface area contributed by atoms with Crippen LogP contribution in [-0.2, 0) is 11.3 Å². The maximum absolute atomic E-state index is 12.8. The summed E-state index contributed by atoms with van der Waals surface area (Å²) in [5.74, 6) is 2.71. The smallest absolute Gasteiger partial charge is 0.277 e. The SMILES string of the molecule is O=C(C[NH+]1CC[NH+](Cc2ccc3c(c2)OCO3)CC1)N1CCN(c2ncccn2)CC1. The van der Waals surface area contributed by atoms with Gasteiger partial charge in [0.25, 0.3) is 5.91 Å². The number of quaternary nitrogens is 2. The Bertz CT molecular complexity index is 895. The molecule has 2 aromatic rings. The Hall–Kier alpha value is -2.91. The van der Waals surface area contributed by atoms with E-state index < -0.39 is 0 Å². The van der Waals surface area contributed by atoms with Gasteiger partial charge in [0.05, 0.1) is 0 Å². The first-order chi connectivity index (χ1) is 15.2. The molecule has 0 atom stereocenters. The Labute approximate surface area is 182 Å². The van der Waals surface area contributed by atoms with Crippen molar-refractivity contribution in [3.05, 3.63) is 42.2 Å². The van der Waals surface area contributed by atoms with Crippen LogP contribution in [0.3, 0.4) is 0 Å². The number of amides is 1. The van der Waals surface area contributed by atoms with Crippen molar-refractivity contribution in [2.45, 2.75) is 6.54 Å². The predicted octanol–water partition coefficient (Wildman–Crippen LogP) is -2.16. The number of hydrogen-bond donors (Lipinski definition) is 2. The molecule has 3 aliphatic rings. The molecule has 0 bridgehead atoms. The van der Waals surface area contributed by atoms with Gasteiger partial charge in [-0.3, -0.25) is 4.79 Å². The van der Waals surface area contributed by atoms with Gasteiger partial charge in [0.15, 0.2) is 18.0 Å². The molecule has 164 valence electrons. The molecule has 4 heterocycles. The van der Waals surface area contributed by atoms with Crippen molar-refractivity contribution in [2.75, 3.05) is 70.6 Å². The highest BCUT2D eigenvalue weighted by atomic mass is 16.7. The molecule has 1 aromatic carbocycles. The van der Waals surface area contributed by atoms with Gasteiger partial charge in [0.2, 0.25) is 12.7 Å². The van der Waals surface area contributed by atoms with Crippen molar-refractivity contribution in [3.63, 3.8) is 0 Å². The van der Waals surface area contributed by atoms with Gasteiger partial charge in [-0.15, -0.1) is 0 Å². The molecule has 1 aromatic heterocycles. The van der Waals surface area contributed by atoms with E-state index in [4.69, 9.17) is 9.47 Å². The maximum Gasteiger partial charge on any atom is 0.277 e. The number of hydrogen-bond acceptors (Lipinski definition) is 6. The van der Waals surface area contributed by atoms with Gasteiger partial charge < -0.3 is 29.1 Å². The van der Waals surface area contributed by atoms with Crippen LogP contribution in [0.4, 0.5) is 5.95 Å². The number of carbonyl (C=O) groups excluding carboxylic acids is 1. The molecule has 3 aliphatic heterocycles. The average Bonchev–Trinajstić information content (AvgIpc) is 3.29. The van der Waals surface area contributed by atoms with Crippen LogP contribution >= 0.6 is 0 Å². The number of anilines is 1. The van der Waals surface area contributed by atoms with Crippen LogP contribution in [0.2, 0.25) is 0 Å². The van der Waals surface area contributed by atoms with Crippen molar-refractivity contribution in [3.8, 4) is 11.5 Å². The number of aromatic nitrogens is 2. The number of carbonyl (C=O) groups is 1. The lowest BCUT2D eigenvalue weighted by molar-refractivity contribution is -1.02. The van der Waals surface area contributed by atoms with E-state index in [1.165, 1.54) is 10.5 Å². The molecule has 1 amide bonds. The highest BCUT2D eigenvalue weighted by Gasteiger charge is 2.29. The zero-order valence-electron chi connectivity index (χ0n) is 17.8. The summed E-state index contributed by atoms with van der Waals surface area (Å²) >= 11 is 0. The maximum atomic E-state index is 12.8. The van der Waals surface area contributed by atoms with E-state index in [0.717, 1.165) is 76.4 Å². The molecular weight excluding hydrogens is 396 g/mol. The highest BCUT2D eigenvalue weighted by Crippen LogP contribution is 2.32. The molecule has 9 nitrogen and oxygen atoms in total. The van der Waals surface area contributed by atoms with Gasteiger partial charge in [0, 0.05) is 44.1 Å². The summed E-state index contributed by atoms with van der Waals surface area (Å²) in [6.07, 6.45) is 3.52. The third-order valence-electron chi connectivity index (χ3n) is 6.42. The second kappa shape index (κ2) is 9.07. The molecule has 31 heavy (non-hydrogen) atoms. The third-order valence-corrected chi connectivity index (χ3v) is 6.42. The fourth-order valence-electron chi connectivity index (χ4n) is 4.59. The van der Waals surface area contributed by atoms with E-state index in [0.29, 0.717) is 13.3 Å². The van der Waals surface area contributed by atoms with Crippen LogP contribution in [-0.4, -0.2) is 86.5 Å². The molecule has 2 N–H and O–H groups in total. The van der Waals surface area contributed by atoms with Gasteiger partial charge in [-0.2, -0.15) is 0 Å². The monoisotopic (exact) mass is 426 g/mol. The second-order valence-electron chi connectivity index (χ2n) is 8.46. The van der Waals surface area contributed by atoms with Crippen molar-refractivity contribution >= 4 is 11.9 Å². The van der Waals surface area contributed by atoms with Crippen molar-refractivity contribution < 1.29 is 24.1 Å². The van der Waals surface area contributed by atoms with Crippen LogP contribution in [0.15, 0.2) is 36.7 Å². The van der Waals surface area contributed by atoms with Crippen LogP contribution in [0.1, 0.15) is 5.56 Å². The number of rotatable bonds is 5. The van der Waals surface area contributed by atoms with E-state index in [-0.39, 0.29) is 5.91 Å². The quantitative estimate of drug-likeness (QED) is 0.567. The van der Waals surface area contributed by atoms with E-state index in [9.17, 15) is 4.79 Å². The molecule has 0 aliphatic carbocycles. The Morgan fingerprint density at radius 1 is 0.935 bits per heavy atom. The van der Waals surface area contributed by atoms with Gasteiger partial charge in [0.1, 0.15) is 32.7 Å². The number of benzene rings is 1. The first-order valence-corrected chi connectivity index (χ1v) is 11.1. The lowest BCUT2D eigenvalue weighted by atomic mass is 10.1. The molecule has 0 saturated carbocycles. The summed E-state index contributed by atoms with van der Waals surface area (Å²) in [5, 5.41) is 0. The number of fused-ring (bicyclic) bond motifs is 1. The summed E-state index contributed by atoms with van der Waals surface area (Å²) in [4.78, 5) is 28.5. The predicted molar refractivity (Wildman–Crippen MR) is 113 cm³/mol. The summed E-state index contributed by atoms with van der Waals surface area (Å²) < 4.78 is 10.9. The molecular formula is C22H30N6O3+2. The minimum absolute atomic E-state index is 0.267. The van der Waals surface area contributed by atoms with E-state index in [2.05, 4.69) is 27.0 Å². The number of nitrogens with zero attached hydrogens (tertiary/aromatic N) is 4. The van der Waals surface area contributed by atoms with Crippen molar-refractivity contribution in [2.24, 2.45) is 0 Å². The third kappa shape index (κ3) is 4.72. The minimum atomic E-state index is 0.267. The van der Waals surface area contributed by atoms with Gasteiger partial charge in [-0.1, -0.05) is 0 Å². The van der Waals surface area contributed by atoms with E-state index >= 15 is 0 Å². The lowest BCUT2D eigenvalue weighted by Crippen LogP contribution is -3.28. The first kappa shape index (κ1) is 20.0. The highest BCUT2D eigenvalue weighted by molar-refractivity contribution is 5.77. The first-order valence-electron chi connectivity index (χ1n) is 11.1. The largest absolute Gasteiger partial charge is 0.454 e. The summed E-state index contributed by atoms with van der Waals surface area (Å²) in [6.45, 7) is 9.19. The molecule has 0 unspecified atom stereocenters. The number of piperazine rings is 2. The number of ether oxygens (including phenoxy) is 2. The van der Waals surface area contributed by atoms with Crippen LogP contribution in [0, 0.1) is 0 Å². The van der Waals surface area contributed by atoms with Gasteiger partial charge >= 0.3 is 0 Å².